The monoisotopic (exact) mass is 116 g/mol. The van der Waals surface area contributed by atoms with Gasteiger partial charge in [0.05, 0.1) is 18.8 Å². The number of hydrogen-bond donors (Lipinski definition) is 0. The normalized spacial score (nSPS) is 8.71. The highest BCUT2D eigenvalue weighted by atomic mass is 32.1. The summed E-state index contributed by atoms with van der Waals surface area (Å²) < 4.78 is 12.1. The topological polar surface area (TPSA) is 35.0 Å². The molecule has 0 fully saturated rings. The van der Waals surface area contributed by atoms with Crippen molar-refractivity contribution in [2.24, 2.45) is 0 Å². The van der Waals surface area contributed by atoms with Crippen molar-refractivity contribution in [3.05, 3.63) is 6.20 Å². The SMILES string of the molecule is COc1cnsn1. The lowest BCUT2D eigenvalue weighted by Crippen LogP contribution is -1.78. The second kappa shape index (κ2) is 1.88. The molecule has 0 atom stereocenters. The quantitative estimate of drug-likeness (QED) is 0.537. The van der Waals surface area contributed by atoms with E-state index < -0.39 is 0 Å². The molecule has 0 N–H and O–H groups in total. The molecule has 0 saturated carbocycles. The van der Waals surface area contributed by atoms with Crippen molar-refractivity contribution in [3.8, 4) is 5.88 Å². The standard InChI is InChI=1S/C3H4N2OS/c1-6-3-2-4-7-5-3/h2H,1H3. The third-order valence-electron chi connectivity index (χ3n) is 0.550. The summed E-state index contributed by atoms with van der Waals surface area (Å²) in [7, 11) is 1.57. The van der Waals surface area contributed by atoms with Crippen LogP contribution in [0.1, 0.15) is 0 Å². The fourth-order valence-corrected chi connectivity index (χ4v) is 0.633. The average molecular weight is 116 g/mol. The smallest absolute Gasteiger partial charge is 0.245 e. The molecule has 1 aromatic heterocycles. The minimum absolute atomic E-state index is 0.588. The van der Waals surface area contributed by atoms with Crippen molar-refractivity contribution < 1.29 is 4.74 Å². The van der Waals surface area contributed by atoms with E-state index in [1.165, 1.54) is 0 Å². The molecular formula is C3H4N2OS. The molecule has 0 amide bonds. The Morgan fingerprint density at radius 3 is 3.00 bits per heavy atom. The summed E-state index contributed by atoms with van der Waals surface area (Å²) in [6.45, 7) is 0. The molecule has 0 aliphatic carbocycles. The highest BCUT2D eigenvalue weighted by Crippen LogP contribution is 2.01. The molecule has 38 valence electrons. The van der Waals surface area contributed by atoms with E-state index in [1.54, 1.807) is 13.3 Å². The van der Waals surface area contributed by atoms with Gasteiger partial charge in [0, 0.05) is 0 Å². The Morgan fingerprint density at radius 2 is 2.71 bits per heavy atom. The van der Waals surface area contributed by atoms with Crippen molar-refractivity contribution in [1.82, 2.24) is 8.75 Å². The van der Waals surface area contributed by atoms with Gasteiger partial charge in [-0.05, 0) is 0 Å². The molecule has 0 unspecified atom stereocenters. The van der Waals surface area contributed by atoms with E-state index in [0.29, 0.717) is 5.88 Å². The lowest BCUT2D eigenvalue weighted by atomic mass is 10.9. The van der Waals surface area contributed by atoms with E-state index in [4.69, 9.17) is 4.74 Å². The maximum absolute atomic E-state index is 4.69. The Kier molecular flexibility index (Phi) is 1.21. The van der Waals surface area contributed by atoms with Gasteiger partial charge in [-0.25, -0.2) is 0 Å². The summed E-state index contributed by atoms with van der Waals surface area (Å²) >= 11 is 1.14. The lowest BCUT2D eigenvalue weighted by molar-refractivity contribution is 0.402. The first kappa shape index (κ1) is 4.52. The van der Waals surface area contributed by atoms with Crippen LogP contribution in [0.25, 0.3) is 0 Å². The van der Waals surface area contributed by atoms with E-state index in [1.807, 2.05) is 0 Å². The minimum atomic E-state index is 0.588. The Bertz CT molecular complexity index is 127. The Hall–Kier alpha value is -0.640. The summed E-state index contributed by atoms with van der Waals surface area (Å²) in [5, 5.41) is 0. The van der Waals surface area contributed by atoms with Crippen LogP contribution in [0.5, 0.6) is 5.88 Å². The molecule has 0 radical (unpaired) electrons. The average Bonchev–Trinajstić information content (AvgIpc) is 2.14. The zero-order chi connectivity index (χ0) is 5.11. The summed E-state index contributed by atoms with van der Waals surface area (Å²) in [5.41, 5.74) is 0. The second-order valence-electron chi connectivity index (χ2n) is 0.950. The number of ether oxygens (including phenoxy) is 1. The molecule has 1 rings (SSSR count). The van der Waals surface area contributed by atoms with Gasteiger partial charge in [-0.2, -0.15) is 4.37 Å². The van der Waals surface area contributed by atoms with Gasteiger partial charge in [-0.15, -0.1) is 4.37 Å². The van der Waals surface area contributed by atoms with Crippen LogP contribution >= 0.6 is 11.7 Å². The molecule has 0 aliphatic heterocycles. The molecule has 7 heavy (non-hydrogen) atoms. The van der Waals surface area contributed by atoms with Crippen LogP contribution in [-0.2, 0) is 0 Å². The molecule has 1 heterocycles. The third kappa shape index (κ3) is 0.866. The van der Waals surface area contributed by atoms with Crippen molar-refractivity contribution in [2.75, 3.05) is 7.11 Å². The van der Waals surface area contributed by atoms with Crippen molar-refractivity contribution >= 4 is 11.7 Å². The summed E-state index contributed by atoms with van der Waals surface area (Å²) in [4.78, 5) is 0. The van der Waals surface area contributed by atoms with Crippen LogP contribution in [-0.4, -0.2) is 15.9 Å². The van der Waals surface area contributed by atoms with E-state index in [9.17, 15) is 0 Å². The zero-order valence-electron chi connectivity index (χ0n) is 3.79. The fourth-order valence-electron chi connectivity index (χ4n) is 0.246. The van der Waals surface area contributed by atoms with Gasteiger partial charge in [-0.1, -0.05) is 0 Å². The minimum Gasteiger partial charge on any atom is -0.479 e. The zero-order valence-corrected chi connectivity index (χ0v) is 4.60. The van der Waals surface area contributed by atoms with Crippen LogP contribution in [0.2, 0.25) is 0 Å². The first-order valence-electron chi connectivity index (χ1n) is 1.75. The molecule has 3 nitrogen and oxygen atoms in total. The second-order valence-corrected chi connectivity index (χ2v) is 1.51. The predicted octanol–water partition coefficient (Wildman–Crippen LogP) is 0.547. The van der Waals surface area contributed by atoms with E-state index in [0.717, 1.165) is 11.7 Å². The third-order valence-corrected chi connectivity index (χ3v) is 1.01. The molecule has 1 aromatic rings. The van der Waals surface area contributed by atoms with E-state index >= 15 is 0 Å². The number of rotatable bonds is 1. The highest BCUT2D eigenvalue weighted by molar-refractivity contribution is 6.99. The van der Waals surface area contributed by atoms with Crippen LogP contribution in [0, 0.1) is 0 Å². The van der Waals surface area contributed by atoms with Gasteiger partial charge in [0.2, 0.25) is 5.88 Å². The molecule has 0 saturated heterocycles. The lowest BCUT2D eigenvalue weighted by Gasteiger charge is -1.83. The molecular weight excluding hydrogens is 112 g/mol. The highest BCUT2D eigenvalue weighted by Gasteiger charge is 1.87. The Morgan fingerprint density at radius 1 is 1.86 bits per heavy atom. The van der Waals surface area contributed by atoms with Gasteiger partial charge in [0.1, 0.15) is 6.20 Å². The molecule has 0 aromatic carbocycles. The van der Waals surface area contributed by atoms with Crippen molar-refractivity contribution in [2.45, 2.75) is 0 Å². The maximum Gasteiger partial charge on any atom is 0.245 e. The van der Waals surface area contributed by atoms with Crippen LogP contribution < -0.4 is 4.74 Å². The Labute approximate surface area is 45.3 Å². The van der Waals surface area contributed by atoms with Gasteiger partial charge < -0.3 is 4.74 Å². The summed E-state index contributed by atoms with van der Waals surface area (Å²) in [6.07, 6.45) is 1.57. The van der Waals surface area contributed by atoms with Gasteiger partial charge in [0.15, 0.2) is 0 Å². The van der Waals surface area contributed by atoms with E-state index in [-0.39, 0.29) is 0 Å². The fraction of sp³-hybridized carbons (Fsp3) is 0.333. The van der Waals surface area contributed by atoms with Crippen molar-refractivity contribution in [1.29, 1.82) is 0 Å². The largest absolute Gasteiger partial charge is 0.479 e. The number of hydrogen-bond acceptors (Lipinski definition) is 4. The predicted molar refractivity (Wildman–Crippen MR) is 26.5 cm³/mol. The molecule has 0 spiro atoms. The van der Waals surface area contributed by atoms with Gasteiger partial charge >= 0.3 is 0 Å². The van der Waals surface area contributed by atoms with Crippen LogP contribution in [0.4, 0.5) is 0 Å². The first-order chi connectivity index (χ1) is 3.43. The maximum atomic E-state index is 4.69. The molecule has 0 aliphatic rings. The molecule has 0 bridgehead atoms. The van der Waals surface area contributed by atoms with Gasteiger partial charge in [-0.3, -0.25) is 0 Å². The van der Waals surface area contributed by atoms with Crippen molar-refractivity contribution in [3.63, 3.8) is 0 Å². The van der Waals surface area contributed by atoms with Crippen LogP contribution in [0.15, 0.2) is 6.20 Å². The summed E-state index contributed by atoms with van der Waals surface area (Å²) in [6, 6.07) is 0. The Balaban J connectivity index is 2.76. The van der Waals surface area contributed by atoms with Gasteiger partial charge in [0.25, 0.3) is 0 Å². The molecule has 4 heteroatoms. The number of methoxy groups -OCH3 is 1. The summed E-state index contributed by atoms with van der Waals surface area (Å²) in [5.74, 6) is 0.588. The first-order valence-corrected chi connectivity index (χ1v) is 2.48. The van der Waals surface area contributed by atoms with E-state index in [2.05, 4.69) is 8.75 Å². The number of nitrogens with zero attached hydrogens (tertiary/aromatic N) is 2. The number of aromatic nitrogens is 2. The van der Waals surface area contributed by atoms with Crippen LogP contribution in [0.3, 0.4) is 0 Å².